The number of nitrogens with one attached hydrogen (secondary N) is 2. The SMILES string of the molecule is CN1C(=N)N[C@](C)(c2ccc3scc(-c4ccc(CO)s4)c3c2)CC1=O. The molecule has 0 saturated carbocycles. The number of hydrogen-bond donors (Lipinski definition) is 3. The summed E-state index contributed by atoms with van der Waals surface area (Å²) in [6.45, 7) is 2.02. The first-order valence-electron chi connectivity index (χ1n) is 8.26. The molecule has 3 aromatic rings. The monoisotopic (exact) mass is 385 g/mol. The molecule has 0 bridgehead atoms. The van der Waals surface area contributed by atoms with Crippen molar-refractivity contribution in [3.63, 3.8) is 0 Å². The van der Waals surface area contributed by atoms with Crippen LogP contribution in [-0.4, -0.2) is 28.9 Å². The molecule has 3 N–H and O–H groups in total. The number of fused-ring (bicyclic) bond motifs is 1. The van der Waals surface area contributed by atoms with Gasteiger partial charge in [-0.15, -0.1) is 22.7 Å². The van der Waals surface area contributed by atoms with E-state index in [2.05, 4.69) is 22.8 Å². The molecule has 26 heavy (non-hydrogen) atoms. The Morgan fingerprint density at radius 1 is 1.35 bits per heavy atom. The Labute approximate surface area is 159 Å². The molecule has 1 aliphatic rings. The predicted molar refractivity (Wildman–Crippen MR) is 107 cm³/mol. The van der Waals surface area contributed by atoms with Crippen LogP contribution in [0.4, 0.5) is 0 Å². The maximum Gasteiger partial charge on any atom is 0.231 e. The van der Waals surface area contributed by atoms with Crippen LogP contribution in [0, 0.1) is 5.41 Å². The maximum atomic E-state index is 12.3. The molecular weight excluding hydrogens is 366 g/mol. The second-order valence-corrected chi connectivity index (χ2v) is 8.80. The van der Waals surface area contributed by atoms with E-state index in [0.717, 1.165) is 26.3 Å². The second kappa shape index (κ2) is 6.19. The molecule has 3 heterocycles. The summed E-state index contributed by atoms with van der Waals surface area (Å²) >= 11 is 3.28. The fourth-order valence-electron chi connectivity index (χ4n) is 3.28. The van der Waals surface area contributed by atoms with Crippen molar-refractivity contribution in [2.75, 3.05) is 7.05 Å². The number of guanidine groups is 1. The van der Waals surface area contributed by atoms with Crippen LogP contribution in [0.2, 0.25) is 0 Å². The number of aliphatic hydroxyl groups excluding tert-OH is 1. The van der Waals surface area contributed by atoms with Crippen LogP contribution in [0.5, 0.6) is 0 Å². The number of nitrogens with zero attached hydrogens (tertiary/aromatic N) is 1. The molecule has 1 fully saturated rings. The number of benzene rings is 1. The van der Waals surface area contributed by atoms with E-state index in [4.69, 9.17) is 5.41 Å². The van der Waals surface area contributed by atoms with Crippen LogP contribution in [0.15, 0.2) is 35.7 Å². The van der Waals surface area contributed by atoms with E-state index in [0.29, 0.717) is 6.42 Å². The highest BCUT2D eigenvalue weighted by atomic mass is 32.1. The van der Waals surface area contributed by atoms with Crippen molar-refractivity contribution >= 4 is 44.6 Å². The average Bonchev–Trinajstić information content (AvgIpc) is 3.25. The number of hydrogen-bond acceptors (Lipinski definition) is 5. The summed E-state index contributed by atoms with van der Waals surface area (Å²) in [5, 5.41) is 23.8. The third kappa shape index (κ3) is 2.72. The first-order valence-corrected chi connectivity index (χ1v) is 9.96. The molecule has 4 rings (SSSR count). The van der Waals surface area contributed by atoms with Crippen LogP contribution in [-0.2, 0) is 16.9 Å². The molecule has 1 amide bonds. The normalized spacial score (nSPS) is 20.7. The average molecular weight is 386 g/mol. The van der Waals surface area contributed by atoms with Gasteiger partial charge in [-0.05, 0) is 36.8 Å². The molecule has 0 aliphatic carbocycles. The van der Waals surface area contributed by atoms with Crippen LogP contribution in [0.1, 0.15) is 23.8 Å². The van der Waals surface area contributed by atoms with Crippen molar-refractivity contribution in [3.05, 3.63) is 46.2 Å². The minimum atomic E-state index is -0.597. The van der Waals surface area contributed by atoms with Gasteiger partial charge in [0, 0.05) is 37.8 Å². The Bertz CT molecular complexity index is 1000. The molecule has 134 valence electrons. The van der Waals surface area contributed by atoms with Gasteiger partial charge in [-0.25, -0.2) is 0 Å². The van der Waals surface area contributed by atoms with E-state index in [1.165, 1.54) is 9.60 Å². The Morgan fingerprint density at radius 3 is 2.85 bits per heavy atom. The van der Waals surface area contributed by atoms with Crippen molar-refractivity contribution in [1.82, 2.24) is 10.2 Å². The van der Waals surface area contributed by atoms with Crippen LogP contribution in [0.25, 0.3) is 20.5 Å². The maximum absolute atomic E-state index is 12.3. The highest BCUT2D eigenvalue weighted by molar-refractivity contribution is 7.19. The Balaban J connectivity index is 1.79. The summed E-state index contributed by atoms with van der Waals surface area (Å²) in [4.78, 5) is 15.7. The van der Waals surface area contributed by atoms with Crippen molar-refractivity contribution in [2.45, 2.75) is 25.5 Å². The van der Waals surface area contributed by atoms with Gasteiger partial charge < -0.3 is 10.4 Å². The second-order valence-electron chi connectivity index (χ2n) is 6.72. The topological polar surface area (TPSA) is 76.4 Å². The minimum Gasteiger partial charge on any atom is -0.391 e. The first kappa shape index (κ1) is 17.2. The zero-order chi connectivity index (χ0) is 18.5. The molecule has 1 saturated heterocycles. The van der Waals surface area contributed by atoms with E-state index in [-0.39, 0.29) is 18.5 Å². The third-order valence-electron chi connectivity index (χ3n) is 4.90. The number of carbonyl (C=O) groups excluding carboxylic acids is 1. The lowest BCUT2D eigenvalue weighted by molar-refractivity contribution is -0.129. The first-order chi connectivity index (χ1) is 12.4. The summed E-state index contributed by atoms with van der Waals surface area (Å²) in [5.41, 5.74) is 1.55. The van der Waals surface area contributed by atoms with E-state index in [1.807, 2.05) is 25.1 Å². The van der Waals surface area contributed by atoms with Gasteiger partial charge in [0.25, 0.3) is 0 Å². The smallest absolute Gasteiger partial charge is 0.231 e. The highest BCUT2D eigenvalue weighted by Gasteiger charge is 2.38. The van der Waals surface area contributed by atoms with Gasteiger partial charge >= 0.3 is 0 Å². The Kier molecular flexibility index (Phi) is 4.10. The number of carbonyl (C=O) groups is 1. The van der Waals surface area contributed by atoms with E-state index >= 15 is 0 Å². The molecule has 1 aliphatic heterocycles. The molecule has 2 aromatic heterocycles. The molecule has 5 nitrogen and oxygen atoms in total. The minimum absolute atomic E-state index is 0.0533. The summed E-state index contributed by atoms with van der Waals surface area (Å²) in [6.07, 6.45) is 0.310. The van der Waals surface area contributed by atoms with E-state index < -0.39 is 5.54 Å². The van der Waals surface area contributed by atoms with Crippen LogP contribution < -0.4 is 5.32 Å². The zero-order valence-corrected chi connectivity index (χ0v) is 16.1. The van der Waals surface area contributed by atoms with Gasteiger partial charge in [-0.3, -0.25) is 15.1 Å². The van der Waals surface area contributed by atoms with Crippen molar-refractivity contribution < 1.29 is 9.90 Å². The number of rotatable bonds is 3. The lowest BCUT2D eigenvalue weighted by Gasteiger charge is -2.39. The molecule has 1 aromatic carbocycles. The zero-order valence-electron chi connectivity index (χ0n) is 14.5. The molecule has 0 unspecified atom stereocenters. The summed E-state index contributed by atoms with van der Waals surface area (Å²) in [6, 6.07) is 10.2. The fraction of sp³-hybridized carbons (Fsp3) is 0.263. The summed E-state index contributed by atoms with van der Waals surface area (Å²) in [5.74, 6) is 0.0629. The van der Waals surface area contributed by atoms with Crippen LogP contribution >= 0.6 is 22.7 Å². The van der Waals surface area contributed by atoms with Crippen molar-refractivity contribution in [2.24, 2.45) is 0 Å². The standard InChI is InChI=1S/C19H19N3O2S2/c1-19(8-17(24)22(2)18(20)21-19)11-3-5-15-13(7-11)14(10-25-15)16-6-4-12(9-23)26-16/h3-7,10,23H,8-9H2,1-2H3,(H2,20,21)/t19-/m0/s1. The van der Waals surface area contributed by atoms with Gasteiger partial charge in [0.05, 0.1) is 18.6 Å². The molecular formula is C19H19N3O2S2. The van der Waals surface area contributed by atoms with Crippen LogP contribution in [0.3, 0.4) is 0 Å². The van der Waals surface area contributed by atoms with Crippen molar-refractivity contribution in [1.29, 1.82) is 5.41 Å². The lowest BCUT2D eigenvalue weighted by Crippen LogP contribution is -2.58. The predicted octanol–water partition coefficient (Wildman–Crippen LogP) is 3.72. The molecule has 7 heteroatoms. The molecule has 1 atom stereocenters. The van der Waals surface area contributed by atoms with Crippen molar-refractivity contribution in [3.8, 4) is 10.4 Å². The quantitative estimate of drug-likeness (QED) is 0.643. The largest absolute Gasteiger partial charge is 0.391 e. The van der Waals surface area contributed by atoms with Gasteiger partial charge in [-0.1, -0.05) is 6.07 Å². The fourth-order valence-corrected chi connectivity index (χ4v) is 5.19. The Hall–Kier alpha value is -2.22. The van der Waals surface area contributed by atoms with Gasteiger partial charge in [0.15, 0.2) is 5.96 Å². The lowest BCUT2D eigenvalue weighted by atomic mass is 9.86. The summed E-state index contributed by atoms with van der Waals surface area (Å²) in [7, 11) is 1.62. The van der Waals surface area contributed by atoms with Gasteiger partial charge in [0.1, 0.15) is 0 Å². The summed E-state index contributed by atoms with van der Waals surface area (Å²) < 4.78 is 1.18. The van der Waals surface area contributed by atoms with E-state index in [9.17, 15) is 9.90 Å². The Morgan fingerprint density at radius 2 is 2.15 bits per heavy atom. The number of amides is 1. The molecule has 0 radical (unpaired) electrons. The molecule has 0 spiro atoms. The number of thiophene rings is 2. The van der Waals surface area contributed by atoms with Gasteiger partial charge in [0.2, 0.25) is 5.91 Å². The van der Waals surface area contributed by atoms with E-state index in [1.54, 1.807) is 29.7 Å². The highest BCUT2D eigenvalue weighted by Crippen LogP contribution is 2.40. The van der Waals surface area contributed by atoms with Gasteiger partial charge in [-0.2, -0.15) is 0 Å². The third-order valence-corrected chi connectivity index (χ3v) is 6.97. The number of aliphatic hydroxyl groups is 1.